The highest BCUT2D eigenvalue weighted by Crippen LogP contribution is 2.05. The molecule has 16 heavy (non-hydrogen) atoms. The number of carboxylic acids is 1. The zero-order valence-electron chi connectivity index (χ0n) is 10.3. The van der Waals surface area contributed by atoms with Gasteiger partial charge >= 0.3 is 5.97 Å². The van der Waals surface area contributed by atoms with Gasteiger partial charge in [-0.3, -0.25) is 4.79 Å². The number of hydrogen-bond acceptors (Lipinski definition) is 3. The maximum absolute atomic E-state index is 10.4. The number of carbonyl (C=O) groups is 1. The molecule has 0 aromatic rings. The molecule has 0 unspecified atom stereocenters. The highest BCUT2D eigenvalue weighted by Gasteiger charge is 2.09. The van der Waals surface area contributed by atoms with Crippen LogP contribution in [0.15, 0.2) is 0 Å². The van der Waals surface area contributed by atoms with Gasteiger partial charge < -0.3 is 10.0 Å². The van der Waals surface area contributed by atoms with Crippen molar-refractivity contribution in [2.45, 2.75) is 52.0 Å². The first kappa shape index (κ1) is 14.9. The molecule has 0 fully saturated rings. The van der Waals surface area contributed by atoms with Gasteiger partial charge in [0.25, 0.3) is 0 Å². The second-order valence-corrected chi connectivity index (χ2v) is 4.24. The van der Waals surface area contributed by atoms with Gasteiger partial charge in [0.2, 0.25) is 0 Å². The number of nitrogens with zero attached hydrogens (tertiary/aromatic N) is 2. The molecule has 0 radical (unpaired) electrons. The standard InChI is InChI=1S/C12H22N2O2/c1-11(2)14(9-5-3-4-8-13)10-6-7-12(15)16/h11H,3-7,9-10H2,1-2H3,(H,15,16). The number of nitriles is 1. The molecule has 92 valence electrons. The molecule has 0 rings (SSSR count). The third kappa shape index (κ3) is 8.25. The summed E-state index contributed by atoms with van der Waals surface area (Å²) in [5.41, 5.74) is 0. The molecule has 0 saturated heterocycles. The van der Waals surface area contributed by atoms with Crippen LogP contribution in [-0.2, 0) is 4.79 Å². The van der Waals surface area contributed by atoms with Gasteiger partial charge in [-0.25, -0.2) is 0 Å². The predicted octanol–water partition coefficient (Wildman–Crippen LogP) is 2.26. The van der Waals surface area contributed by atoms with Crippen molar-refractivity contribution in [1.29, 1.82) is 5.26 Å². The zero-order valence-corrected chi connectivity index (χ0v) is 10.3. The number of aliphatic carboxylic acids is 1. The van der Waals surface area contributed by atoms with Crippen molar-refractivity contribution in [2.24, 2.45) is 0 Å². The lowest BCUT2D eigenvalue weighted by atomic mass is 10.2. The monoisotopic (exact) mass is 226 g/mol. The molecule has 0 aliphatic heterocycles. The molecule has 4 heteroatoms. The van der Waals surface area contributed by atoms with Crippen LogP contribution in [-0.4, -0.2) is 35.1 Å². The Morgan fingerprint density at radius 3 is 2.44 bits per heavy atom. The average molecular weight is 226 g/mol. The molecule has 0 bridgehead atoms. The normalized spacial score (nSPS) is 10.7. The molecule has 0 atom stereocenters. The fourth-order valence-corrected chi connectivity index (χ4v) is 1.58. The molecule has 0 spiro atoms. The van der Waals surface area contributed by atoms with Gasteiger partial charge in [-0.1, -0.05) is 0 Å². The van der Waals surface area contributed by atoms with Crippen molar-refractivity contribution in [3.05, 3.63) is 0 Å². The van der Waals surface area contributed by atoms with Gasteiger partial charge in [0, 0.05) is 18.9 Å². The highest BCUT2D eigenvalue weighted by atomic mass is 16.4. The summed E-state index contributed by atoms with van der Waals surface area (Å²) >= 11 is 0. The summed E-state index contributed by atoms with van der Waals surface area (Å²) in [6.45, 7) is 6.02. The van der Waals surface area contributed by atoms with Gasteiger partial charge in [-0.05, 0) is 46.2 Å². The first-order chi connectivity index (χ1) is 7.57. The Hall–Kier alpha value is -1.08. The third-order valence-corrected chi connectivity index (χ3v) is 2.55. The maximum Gasteiger partial charge on any atom is 0.303 e. The number of rotatable bonds is 9. The second-order valence-electron chi connectivity index (χ2n) is 4.24. The Morgan fingerprint density at radius 1 is 1.31 bits per heavy atom. The lowest BCUT2D eigenvalue weighted by Gasteiger charge is -2.26. The molecular formula is C12H22N2O2. The number of carboxylic acid groups (broad SMARTS) is 1. The van der Waals surface area contributed by atoms with Gasteiger partial charge in [0.1, 0.15) is 0 Å². The summed E-state index contributed by atoms with van der Waals surface area (Å²) in [5.74, 6) is -0.729. The molecular weight excluding hydrogens is 204 g/mol. The van der Waals surface area contributed by atoms with Gasteiger partial charge in [0.15, 0.2) is 0 Å². The fourth-order valence-electron chi connectivity index (χ4n) is 1.58. The SMILES string of the molecule is CC(C)N(CCCCC#N)CCCC(=O)O. The van der Waals surface area contributed by atoms with Crippen LogP contribution in [0.3, 0.4) is 0 Å². The molecule has 0 aliphatic rings. The molecule has 0 aromatic heterocycles. The highest BCUT2D eigenvalue weighted by molar-refractivity contribution is 5.66. The smallest absolute Gasteiger partial charge is 0.303 e. The third-order valence-electron chi connectivity index (χ3n) is 2.55. The van der Waals surface area contributed by atoms with E-state index in [1.807, 2.05) is 0 Å². The van der Waals surface area contributed by atoms with Crippen LogP contribution in [0.1, 0.15) is 46.0 Å². The van der Waals surface area contributed by atoms with Crippen LogP contribution in [0.25, 0.3) is 0 Å². The van der Waals surface area contributed by atoms with Gasteiger partial charge in [-0.2, -0.15) is 5.26 Å². The van der Waals surface area contributed by atoms with Crippen molar-refractivity contribution < 1.29 is 9.90 Å². The Balaban J connectivity index is 3.71. The minimum absolute atomic E-state index is 0.238. The Morgan fingerprint density at radius 2 is 1.94 bits per heavy atom. The van der Waals surface area contributed by atoms with Crippen LogP contribution < -0.4 is 0 Å². The van der Waals surface area contributed by atoms with E-state index in [9.17, 15) is 4.79 Å². The Kier molecular flexibility index (Phi) is 8.55. The largest absolute Gasteiger partial charge is 0.481 e. The lowest BCUT2D eigenvalue weighted by molar-refractivity contribution is -0.137. The fraction of sp³-hybridized carbons (Fsp3) is 0.833. The Labute approximate surface area is 97.9 Å². The lowest BCUT2D eigenvalue weighted by Crippen LogP contribution is -2.33. The van der Waals surface area contributed by atoms with Crippen LogP contribution in [0.5, 0.6) is 0 Å². The molecule has 0 amide bonds. The van der Waals surface area contributed by atoms with Crippen molar-refractivity contribution in [3.8, 4) is 6.07 Å². The summed E-state index contributed by atoms with van der Waals surface area (Å²) in [4.78, 5) is 12.7. The summed E-state index contributed by atoms with van der Waals surface area (Å²) in [6.07, 6.45) is 3.49. The topological polar surface area (TPSA) is 64.3 Å². The predicted molar refractivity (Wildman–Crippen MR) is 63.0 cm³/mol. The van der Waals surface area contributed by atoms with E-state index in [-0.39, 0.29) is 6.42 Å². The van der Waals surface area contributed by atoms with Crippen LogP contribution >= 0.6 is 0 Å². The quantitative estimate of drug-likeness (QED) is 0.612. The van der Waals surface area contributed by atoms with Crippen LogP contribution in [0, 0.1) is 11.3 Å². The first-order valence-corrected chi connectivity index (χ1v) is 5.90. The second kappa shape index (κ2) is 9.17. The van der Waals surface area contributed by atoms with Crippen LogP contribution in [0.4, 0.5) is 0 Å². The van der Waals surface area contributed by atoms with E-state index in [1.165, 1.54) is 0 Å². The molecule has 4 nitrogen and oxygen atoms in total. The minimum atomic E-state index is -0.729. The first-order valence-electron chi connectivity index (χ1n) is 5.90. The van der Waals surface area contributed by atoms with Gasteiger partial charge in [0.05, 0.1) is 6.07 Å². The molecule has 0 aromatic carbocycles. The van der Waals surface area contributed by atoms with E-state index >= 15 is 0 Å². The van der Waals surface area contributed by atoms with Crippen LogP contribution in [0.2, 0.25) is 0 Å². The molecule has 1 N–H and O–H groups in total. The molecule has 0 saturated carbocycles. The maximum atomic E-state index is 10.4. The Bertz CT molecular complexity index is 234. The van der Waals surface area contributed by atoms with Crippen molar-refractivity contribution >= 4 is 5.97 Å². The van der Waals surface area contributed by atoms with E-state index in [2.05, 4.69) is 24.8 Å². The average Bonchev–Trinajstić information content (AvgIpc) is 2.20. The van der Waals surface area contributed by atoms with Crippen molar-refractivity contribution in [2.75, 3.05) is 13.1 Å². The van der Waals surface area contributed by atoms with E-state index in [0.717, 1.165) is 25.9 Å². The summed E-state index contributed by atoms with van der Waals surface area (Å²) < 4.78 is 0. The van der Waals surface area contributed by atoms with E-state index in [1.54, 1.807) is 0 Å². The zero-order chi connectivity index (χ0) is 12.4. The van der Waals surface area contributed by atoms with Crippen molar-refractivity contribution in [3.63, 3.8) is 0 Å². The van der Waals surface area contributed by atoms with Gasteiger partial charge in [-0.15, -0.1) is 0 Å². The number of unbranched alkanes of at least 4 members (excludes halogenated alkanes) is 2. The van der Waals surface area contributed by atoms with E-state index in [4.69, 9.17) is 10.4 Å². The van der Waals surface area contributed by atoms with Crippen molar-refractivity contribution in [1.82, 2.24) is 4.90 Å². The summed E-state index contributed by atoms with van der Waals surface area (Å²) in [6, 6.07) is 2.57. The minimum Gasteiger partial charge on any atom is -0.481 e. The summed E-state index contributed by atoms with van der Waals surface area (Å²) in [5, 5.41) is 17.0. The van der Waals surface area contributed by atoms with E-state index in [0.29, 0.717) is 18.9 Å². The molecule has 0 aliphatic carbocycles. The number of hydrogen-bond donors (Lipinski definition) is 1. The summed E-state index contributed by atoms with van der Waals surface area (Å²) in [7, 11) is 0. The van der Waals surface area contributed by atoms with E-state index < -0.39 is 5.97 Å². The molecule has 0 heterocycles.